The average molecular weight is 224 g/mol. The molecule has 1 aromatic carbocycles. The molecule has 1 heterocycles. The minimum atomic E-state index is -0.0155. The lowest BCUT2D eigenvalue weighted by atomic mass is 9.67. The van der Waals surface area contributed by atoms with Crippen LogP contribution < -0.4 is 0 Å². The number of hydrogen-bond acceptors (Lipinski definition) is 1. The van der Waals surface area contributed by atoms with Crippen LogP contribution in [0, 0.1) is 16.7 Å². The van der Waals surface area contributed by atoms with Crippen molar-refractivity contribution < 1.29 is 0 Å². The van der Waals surface area contributed by atoms with E-state index in [0.29, 0.717) is 0 Å². The molecule has 1 fully saturated rings. The maximum Gasteiger partial charge on any atom is 0.0689 e. The van der Waals surface area contributed by atoms with Crippen LogP contribution in [0.1, 0.15) is 31.2 Å². The highest BCUT2D eigenvalue weighted by Crippen LogP contribution is 2.44. The van der Waals surface area contributed by atoms with E-state index in [1.165, 1.54) is 22.9 Å². The molecule has 1 aliphatic carbocycles. The van der Waals surface area contributed by atoms with Gasteiger partial charge in [0.15, 0.2) is 0 Å². The molecular weight excluding hydrogens is 208 g/mol. The third-order valence-electron chi connectivity index (χ3n) is 4.10. The fraction of sp³-hybridized carbons (Fsp3) is 0.400. The predicted octanol–water partition coefficient (Wildman–Crippen LogP) is 3.79. The average Bonchev–Trinajstić information content (AvgIpc) is 2.72. The molecule has 1 aromatic heterocycles. The van der Waals surface area contributed by atoms with Gasteiger partial charge in [0.05, 0.1) is 11.5 Å². The number of nitrogens with one attached hydrogen (secondary N) is 1. The molecule has 0 spiro atoms. The van der Waals surface area contributed by atoms with Gasteiger partial charge in [-0.2, -0.15) is 5.26 Å². The summed E-state index contributed by atoms with van der Waals surface area (Å²) < 4.78 is 0. The van der Waals surface area contributed by atoms with Crippen LogP contribution in [0.5, 0.6) is 0 Å². The van der Waals surface area contributed by atoms with Crippen molar-refractivity contribution in [3.8, 4) is 6.07 Å². The van der Waals surface area contributed by atoms with E-state index >= 15 is 0 Å². The lowest BCUT2D eigenvalue weighted by molar-refractivity contribution is 0.198. The van der Waals surface area contributed by atoms with Gasteiger partial charge in [-0.3, -0.25) is 0 Å². The van der Waals surface area contributed by atoms with Crippen molar-refractivity contribution >= 4 is 10.9 Å². The monoisotopic (exact) mass is 224 g/mol. The fourth-order valence-corrected chi connectivity index (χ4v) is 2.73. The number of benzene rings is 1. The number of aromatic amines is 1. The van der Waals surface area contributed by atoms with Crippen molar-refractivity contribution in [3.63, 3.8) is 0 Å². The highest BCUT2D eigenvalue weighted by atomic mass is 14.7. The Bertz CT molecular complexity index is 570. The Morgan fingerprint density at radius 1 is 1.29 bits per heavy atom. The van der Waals surface area contributed by atoms with Crippen molar-refractivity contribution in [1.82, 2.24) is 4.98 Å². The summed E-state index contributed by atoms with van der Waals surface area (Å²) >= 11 is 0. The van der Waals surface area contributed by atoms with E-state index < -0.39 is 0 Å². The van der Waals surface area contributed by atoms with Crippen molar-refractivity contribution in [3.05, 3.63) is 36.0 Å². The molecule has 2 aromatic rings. The van der Waals surface area contributed by atoms with Crippen LogP contribution in [0.4, 0.5) is 0 Å². The lowest BCUT2D eigenvalue weighted by Crippen LogP contribution is -2.27. The Morgan fingerprint density at radius 3 is 2.82 bits per heavy atom. The Kier molecular flexibility index (Phi) is 2.40. The highest BCUT2D eigenvalue weighted by Gasteiger charge is 2.36. The van der Waals surface area contributed by atoms with E-state index in [9.17, 15) is 5.26 Å². The molecule has 0 amide bonds. The maximum atomic E-state index is 9.22. The number of aryl methyl sites for hydroxylation is 1. The Morgan fingerprint density at radius 2 is 2.12 bits per heavy atom. The summed E-state index contributed by atoms with van der Waals surface area (Å²) in [6.07, 6.45) is 7.51. The van der Waals surface area contributed by atoms with Crippen LogP contribution in [0.15, 0.2) is 30.5 Å². The van der Waals surface area contributed by atoms with Gasteiger partial charge in [0.2, 0.25) is 0 Å². The van der Waals surface area contributed by atoms with Gasteiger partial charge in [0.1, 0.15) is 0 Å². The predicted molar refractivity (Wildman–Crippen MR) is 68.5 cm³/mol. The maximum absolute atomic E-state index is 9.22. The van der Waals surface area contributed by atoms with Crippen molar-refractivity contribution in [2.45, 2.75) is 32.1 Å². The summed E-state index contributed by atoms with van der Waals surface area (Å²) in [5.74, 6) is 0. The number of para-hydroxylation sites is 1. The number of aromatic nitrogens is 1. The van der Waals surface area contributed by atoms with E-state index in [0.717, 1.165) is 25.7 Å². The summed E-state index contributed by atoms with van der Waals surface area (Å²) in [6.45, 7) is 0. The third kappa shape index (κ3) is 1.72. The zero-order chi connectivity index (χ0) is 11.7. The molecule has 2 nitrogen and oxygen atoms in total. The number of fused-ring (bicyclic) bond motifs is 1. The van der Waals surface area contributed by atoms with E-state index in [2.05, 4.69) is 35.4 Å². The minimum absolute atomic E-state index is 0.0155. The minimum Gasteiger partial charge on any atom is -0.361 e. The Balaban J connectivity index is 1.79. The molecule has 0 aliphatic heterocycles. The molecular formula is C15H16N2. The summed E-state index contributed by atoms with van der Waals surface area (Å²) in [7, 11) is 0. The molecule has 17 heavy (non-hydrogen) atoms. The summed E-state index contributed by atoms with van der Waals surface area (Å²) in [6, 6.07) is 10.9. The van der Waals surface area contributed by atoms with Gasteiger partial charge in [0.25, 0.3) is 0 Å². The van der Waals surface area contributed by atoms with Gasteiger partial charge in [-0.05, 0) is 37.3 Å². The summed E-state index contributed by atoms with van der Waals surface area (Å²) in [5, 5.41) is 10.5. The first-order valence-electron chi connectivity index (χ1n) is 6.29. The second-order valence-electron chi connectivity index (χ2n) is 5.11. The van der Waals surface area contributed by atoms with Crippen LogP contribution in [0.3, 0.4) is 0 Å². The first-order valence-corrected chi connectivity index (χ1v) is 6.29. The standard InChI is InChI=1S/C15H16N2/c16-11-15(7-3-8-15)9-6-12-10-17-14-5-2-1-4-13(12)14/h1-2,4-5,10,17H,3,6-9H2. The highest BCUT2D eigenvalue weighted by molar-refractivity contribution is 5.83. The molecule has 2 heteroatoms. The smallest absolute Gasteiger partial charge is 0.0689 e. The fourth-order valence-electron chi connectivity index (χ4n) is 2.73. The summed E-state index contributed by atoms with van der Waals surface area (Å²) in [5.41, 5.74) is 2.53. The van der Waals surface area contributed by atoms with Gasteiger partial charge in [0, 0.05) is 17.1 Å². The topological polar surface area (TPSA) is 39.6 Å². The van der Waals surface area contributed by atoms with Gasteiger partial charge < -0.3 is 4.98 Å². The normalized spacial score (nSPS) is 17.6. The summed E-state index contributed by atoms with van der Waals surface area (Å²) in [4.78, 5) is 3.30. The molecule has 86 valence electrons. The van der Waals surface area contributed by atoms with Crippen LogP contribution in [0.25, 0.3) is 10.9 Å². The third-order valence-corrected chi connectivity index (χ3v) is 4.10. The first kappa shape index (κ1) is 10.4. The van der Waals surface area contributed by atoms with Crippen molar-refractivity contribution in [2.75, 3.05) is 0 Å². The van der Waals surface area contributed by atoms with Crippen LogP contribution in [-0.2, 0) is 6.42 Å². The van der Waals surface area contributed by atoms with E-state index in [-0.39, 0.29) is 5.41 Å². The van der Waals surface area contributed by atoms with Gasteiger partial charge in [-0.15, -0.1) is 0 Å². The van der Waals surface area contributed by atoms with Crippen molar-refractivity contribution in [2.24, 2.45) is 5.41 Å². The molecule has 0 unspecified atom stereocenters. The molecule has 1 N–H and O–H groups in total. The molecule has 0 saturated heterocycles. The molecule has 0 bridgehead atoms. The van der Waals surface area contributed by atoms with E-state index in [1.54, 1.807) is 0 Å². The number of hydrogen-bond donors (Lipinski definition) is 1. The second kappa shape index (κ2) is 3.92. The zero-order valence-corrected chi connectivity index (χ0v) is 9.87. The van der Waals surface area contributed by atoms with Crippen LogP contribution in [-0.4, -0.2) is 4.98 Å². The SMILES string of the molecule is N#CC1(CCc2c[nH]c3ccccc23)CCC1. The molecule has 0 atom stereocenters. The van der Waals surface area contributed by atoms with Gasteiger partial charge in [-0.1, -0.05) is 24.6 Å². The van der Waals surface area contributed by atoms with Gasteiger partial charge in [-0.25, -0.2) is 0 Å². The molecule has 3 rings (SSSR count). The quantitative estimate of drug-likeness (QED) is 0.846. The molecule has 1 saturated carbocycles. The largest absolute Gasteiger partial charge is 0.361 e. The number of rotatable bonds is 3. The second-order valence-corrected chi connectivity index (χ2v) is 5.11. The Labute approximate surface area is 101 Å². The van der Waals surface area contributed by atoms with Crippen LogP contribution in [0.2, 0.25) is 0 Å². The van der Waals surface area contributed by atoms with Gasteiger partial charge >= 0.3 is 0 Å². The van der Waals surface area contributed by atoms with Crippen molar-refractivity contribution in [1.29, 1.82) is 5.26 Å². The molecule has 0 radical (unpaired) electrons. The van der Waals surface area contributed by atoms with Crippen LogP contribution >= 0.6 is 0 Å². The first-order chi connectivity index (χ1) is 8.33. The van der Waals surface area contributed by atoms with E-state index in [4.69, 9.17) is 0 Å². The Hall–Kier alpha value is -1.75. The number of H-pyrrole nitrogens is 1. The zero-order valence-electron chi connectivity index (χ0n) is 9.87. The molecule has 1 aliphatic rings. The lowest BCUT2D eigenvalue weighted by Gasteiger charge is -2.35. The number of nitriles is 1. The van der Waals surface area contributed by atoms with E-state index in [1.807, 2.05) is 6.07 Å². The number of nitrogens with zero attached hydrogens (tertiary/aromatic N) is 1.